The summed E-state index contributed by atoms with van der Waals surface area (Å²) in [6.07, 6.45) is 0. The minimum absolute atomic E-state index is 0.344. The molecule has 0 rings (SSSR count). The minimum atomic E-state index is -0.537. The number of hydrogen-bond acceptors (Lipinski definition) is 2. The highest BCUT2D eigenvalue weighted by molar-refractivity contribution is 5.85. The van der Waals surface area contributed by atoms with E-state index >= 15 is 0 Å². The van der Waals surface area contributed by atoms with E-state index in [2.05, 4.69) is 5.10 Å². The molecule has 0 aliphatic rings. The van der Waals surface area contributed by atoms with Gasteiger partial charge in [0, 0.05) is 12.8 Å². The lowest BCUT2D eigenvalue weighted by molar-refractivity contribution is 0.220. The molecule has 4 heteroatoms. The summed E-state index contributed by atoms with van der Waals surface area (Å²) in [7, 11) is 1.54. The van der Waals surface area contributed by atoms with E-state index in [1.165, 1.54) is 7.05 Å². The van der Waals surface area contributed by atoms with Crippen molar-refractivity contribution in [2.75, 3.05) is 7.05 Å². The highest BCUT2D eigenvalue weighted by atomic mass is 16.2. The molecule has 0 fully saturated rings. The Kier molecular flexibility index (Phi) is 3.57. The minimum Gasteiger partial charge on any atom is -0.350 e. The van der Waals surface area contributed by atoms with Crippen LogP contribution in [-0.4, -0.2) is 23.8 Å². The monoisotopic (exact) mass is 157 g/mol. The Morgan fingerprint density at radius 1 is 1.55 bits per heavy atom. The summed E-state index contributed by atoms with van der Waals surface area (Å²) in [5.74, 6) is 0.344. The van der Waals surface area contributed by atoms with Gasteiger partial charge in [-0.05, 0) is 12.8 Å². The first-order chi connectivity index (χ1) is 4.95. The van der Waals surface area contributed by atoms with Crippen LogP contribution in [-0.2, 0) is 0 Å². The highest BCUT2D eigenvalue weighted by Crippen LogP contribution is 1.97. The standard InChI is InChI=1S/C7H15N3O/c1-5(2)6(3)9-10(4)7(8)11/h5H,1-4H3,(H2,8,11)/b9-6+. The van der Waals surface area contributed by atoms with Crippen LogP contribution in [0.1, 0.15) is 20.8 Å². The Morgan fingerprint density at radius 2 is 2.00 bits per heavy atom. The van der Waals surface area contributed by atoms with Crippen LogP contribution in [0.25, 0.3) is 0 Å². The Bertz CT molecular complexity index is 175. The normalized spacial score (nSPS) is 11.9. The van der Waals surface area contributed by atoms with Crippen LogP contribution in [0.15, 0.2) is 5.10 Å². The zero-order valence-corrected chi connectivity index (χ0v) is 7.46. The van der Waals surface area contributed by atoms with Crippen LogP contribution in [0.5, 0.6) is 0 Å². The molecule has 0 heterocycles. The average Bonchev–Trinajstić information content (AvgIpc) is 1.87. The van der Waals surface area contributed by atoms with E-state index in [0.29, 0.717) is 5.92 Å². The molecule has 0 saturated heterocycles. The fourth-order valence-electron chi connectivity index (χ4n) is 0.401. The second-order valence-electron chi connectivity index (χ2n) is 2.76. The maximum Gasteiger partial charge on any atom is 0.334 e. The van der Waals surface area contributed by atoms with E-state index in [1.807, 2.05) is 20.8 Å². The van der Waals surface area contributed by atoms with Crippen molar-refractivity contribution in [2.24, 2.45) is 16.8 Å². The number of primary amides is 1. The molecule has 0 aromatic heterocycles. The second kappa shape index (κ2) is 3.95. The lowest BCUT2D eigenvalue weighted by Crippen LogP contribution is -2.28. The third kappa shape index (κ3) is 3.60. The molecule has 11 heavy (non-hydrogen) atoms. The Morgan fingerprint density at radius 3 is 2.27 bits per heavy atom. The summed E-state index contributed by atoms with van der Waals surface area (Å²) in [6.45, 7) is 5.88. The van der Waals surface area contributed by atoms with Gasteiger partial charge < -0.3 is 5.73 Å². The number of nitrogens with zero attached hydrogens (tertiary/aromatic N) is 2. The van der Waals surface area contributed by atoms with E-state index in [9.17, 15) is 4.79 Å². The van der Waals surface area contributed by atoms with Gasteiger partial charge in [-0.1, -0.05) is 13.8 Å². The van der Waals surface area contributed by atoms with Crippen LogP contribution < -0.4 is 5.73 Å². The van der Waals surface area contributed by atoms with Crippen molar-refractivity contribution in [3.8, 4) is 0 Å². The lowest BCUT2D eigenvalue weighted by Gasteiger charge is -2.10. The number of urea groups is 1. The van der Waals surface area contributed by atoms with Crippen molar-refractivity contribution in [3.05, 3.63) is 0 Å². The number of carbonyl (C=O) groups excluding carboxylic acids is 1. The van der Waals surface area contributed by atoms with Crippen LogP contribution >= 0.6 is 0 Å². The molecule has 0 aliphatic heterocycles. The molecule has 2 N–H and O–H groups in total. The van der Waals surface area contributed by atoms with Crippen molar-refractivity contribution < 1.29 is 4.79 Å². The van der Waals surface area contributed by atoms with Gasteiger partial charge in [0.25, 0.3) is 0 Å². The highest BCUT2D eigenvalue weighted by Gasteiger charge is 2.03. The predicted octanol–water partition coefficient (Wildman–Crippen LogP) is 1.03. The van der Waals surface area contributed by atoms with E-state index < -0.39 is 6.03 Å². The van der Waals surface area contributed by atoms with Gasteiger partial charge in [0.2, 0.25) is 0 Å². The van der Waals surface area contributed by atoms with Gasteiger partial charge in [-0.2, -0.15) is 5.10 Å². The number of amides is 2. The van der Waals surface area contributed by atoms with Crippen molar-refractivity contribution in [2.45, 2.75) is 20.8 Å². The molecular weight excluding hydrogens is 142 g/mol. The molecular formula is C7H15N3O. The molecule has 0 saturated carbocycles. The first kappa shape index (κ1) is 9.94. The third-order valence-corrected chi connectivity index (χ3v) is 1.46. The van der Waals surface area contributed by atoms with Gasteiger partial charge in [-0.3, -0.25) is 0 Å². The Labute approximate surface area is 67.1 Å². The van der Waals surface area contributed by atoms with Gasteiger partial charge in [0.1, 0.15) is 0 Å². The quantitative estimate of drug-likeness (QED) is 0.472. The van der Waals surface area contributed by atoms with Gasteiger partial charge in [-0.15, -0.1) is 0 Å². The number of rotatable bonds is 2. The van der Waals surface area contributed by atoms with Crippen molar-refractivity contribution in [1.29, 1.82) is 0 Å². The largest absolute Gasteiger partial charge is 0.350 e. The molecule has 2 amide bonds. The smallest absolute Gasteiger partial charge is 0.334 e. The second-order valence-corrected chi connectivity index (χ2v) is 2.76. The third-order valence-electron chi connectivity index (χ3n) is 1.46. The maximum atomic E-state index is 10.5. The Balaban J connectivity index is 4.19. The molecule has 0 aliphatic carbocycles. The number of carbonyl (C=O) groups is 1. The van der Waals surface area contributed by atoms with Crippen molar-refractivity contribution in [1.82, 2.24) is 5.01 Å². The van der Waals surface area contributed by atoms with Gasteiger partial charge in [0.15, 0.2) is 0 Å². The van der Waals surface area contributed by atoms with Crippen molar-refractivity contribution in [3.63, 3.8) is 0 Å². The van der Waals surface area contributed by atoms with Gasteiger partial charge in [-0.25, -0.2) is 9.80 Å². The van der Waals surface area contributed by atoms with E-state index in [0.717, 1.165) is 10.7 Å². The molecule has 4 nitrogen and oxygen atoms in total. The van der Waals surface area contributed by atoms with E-state index in [-0.39, 0.29) is 0 Å². The summed E-state index contributed by atoms with van der Waals surface area (Å²) in [6, 6.07) is -0.537. The van der Waals surface area contributed by atoms with Crippen LogP contribution in [0.2, 0.25) is 0 Å². The lowest BCUT2D eigenvalue weighted by atomic mass is 10.1. The average molecular weight is 157 g/mol. The summed E-state index contributed by atoms with van der Waals surface area (Å²) in [4.78, 5) is 10.5. The summed E-state index contributed by atoms with van der Waals surface area (Å²) >= 11 is 0. The first-order valence-electron chi connectivity index (χ1n) is 3.53. The Hall–Kier alpha value is -1.06. The van der Waals surface area contributed by atoms with Crippen molar-refractivity contribution >= 4 is 11.7 Å². The topological polar surface area (TPSA) is 58.7 Å². The fraction of sp³-hybridized carbons (Fsp3) is 0.714. The molecule has 0 unspecified atom stereocenters. The number of hydrazone groups is 1. The number of nitrogens with two attached hydrogens (primary N) is 1. The molecule has 0 spiro atoms. The van der Waals surface area contributed by atoms with E-state index in [4.69, 9.17) is 5.73 Å². The molecule has 0 atom stereocenters. The molecule has 0 bridgehead atoms. The summed E-state index contributed by atoms with van der Waals surface area (Å²) in [5.41, 5.74) is 5.86. The zero-order chi connectivity index (χ0) is 9.02. The predicted molar refractivity (Wildman–Crippen MR) is 45.3 cm³/mol. The fourth-order valence-corrected chi connectivity index (χ4v) is 0.401. The van der Waals surface area contributed by atoms with Crippen LogP contribution in [0, 0.1) is 5.92 Å². The molecule has 64 valence electrons. The molecule has 0 aromatic rings. The molecule has 0 aromatic carbocycles. The van der Waals surface area contributed by atoms with Crippen LogP contribution in [0.3, 0.4) is 0 Å². The zero-order valence-electron chi connectivity index (χ0n) is 7.46. The molecule has 0 radical (unpaired) electrons. The maximum absolute atomic E-state index is 10.5. The van der Waals surface area contributed by atoms with Crippen LogP contribution in [0.4, 0.5) is 4.79 Å². The SMILES string of the molecule is C/C(=N\N(C)C(N)=O)C(C)C. The van der Waals surface area contributed by atoms with E-state index in [1.54, 1.807) is 0 Å². The summed E-state index contributed by atoms with van der Waals surface area (Å²) in [5, 5.41) is 5.09. The van der Waals surface area contributed by atoms with Gasteiger partial charge in [0.05, 0.1) is 0 Å². The number of hydrogen-bond donors (Lipinski definition) is 1. The summed E-state index contributed by atoms with van der Waals surface area (Å²) < 4.78 is 0. The first-order valence-corrected chi connectivity index (χ1v) is 3.53. The van der Waals surface area contributed by atoms with Gasteiger partial charge >= 0.3 is 6.03 Å².